The highest BCUT2D eigenvalue weighted by molar-refractivity contribution is 5.82. The highest BCUT2D eigenvalue weighted by atomic mass is 15.0. The summed E-state index contributed by atoms with van der Waals surface area (Å²) in [5.41, 5.74) is 12.5. The van der Waals surface area contributed by atoms with Crippen molar-refractivity contribution in [2.75, 3.05) is 5.32 Å². The number of anilines is 1. The van der Waals surface area contributed by atoms with Gasteiger partial charge in [-0.3, -0.25) is 0 Å². The van der Waals surface area contributed by atoms with Crippen LogP contribution in [0.5, 0.6) is 0 Å². The summed E-state index contributed by atoms with van der Waals surface area (Å²) in [5, 5.41) is 3.31. The third kappa shape index (κ3) is 2.36. The number of allylic oxidation sites excluding steroid dienone is 2. The van der Waals surface area contributed by atoms with Crippen molar-refractivity contribution in [2.24, 2.45) is 5.73 Å². The predicted octanol–water partition coefficient (Wildman–Crippen LogP) is 4.43. The Morgan fingerprint density at radius 3 is 2.59 bits per heavy atom. The fourth-order valence-corrected chi connectivity index (χ4v) is 3.23. The second kappa shape index (κ2) is 5.47. The molecule has 2 aromatic carbocycles. The minimum atomic E-state index is -0.219. The maximum absolute atomic E-state index is 6.04. The Kier molecular flexibility index (Phi) is 3.63. The molecule has 2 aromatic rings. The molecule has 1 aliphatic carbocycles. The normalized spacial score (nSPS) is 16.1. The number of benzene rings is 2. The molecule has 0 spiro atoms. The van der Waals surface area contributed by atoms with Crippen molar-refractivity contribution >= 4 is 5.69 Å². The van der Waals surface area contributed by atoms with Crippen molar-refractivity contribution in [3.05, 3.63) is 78.4 Å². The second-order valence-electron chi connectivity index (χ2n) is 6.22. The molecular weight excluding hydrogens is 268 g/mol. The molecule has 0 saturated heterocycles. The van der Waals surface area contributed by atoms with Crippen LogP contribution in [-0.2, 0) is 5.41 Å². The van der Waals surface area contributed by atoms with Crippen LogP contribution in [0.1, 0.15) is 25.0 Å². The Morgan fingerprint density at radius 1 is 1.09 bits per heavy atom. The highest BCUT2D eigenvalue weighted by Crippen LogP contribution is 2.49. The molecular formula is C20H22N2. The van der Waals surface area contributed by atoms with Crippen LogP contribution in [-0.4, -0.2) is 6.17 Å². The van der Waals surface area contributed by atoms with Crippen LogP contribution in [0.3, 0.4) is 0 Å². The average Bonchev–Trinajstić information content (AvgIpc) is 2.74. The van der Waals surface area contributed by atoms with Crippen LogP contribution in [0.4, 0.5) is 5.69 Å². The van der Waals surface area contributed by atoms with Gasteiger partial charge in [0.2, 0.25) is 0 Å². The van der Waals surface area contributed by atoms with Gasteiger partial charge in [0.05, 0.1) is 6.17 Å². The van der Waals surface area contributed by atoms with Gasteiger partial charge >= 0.3 is 0 Å². The quantitative estimate of drug-likeness (QED) is 0.645. The van der Waals surface area contributed by atoms with E-state index in [1.54, 1.807) is 6.08 Å². The van der Waals surface area contributed by atoms with Crippen LogP contribution < -0.4 is 11.1 Å². The molecule has 0 radical (unpaired) electrons. The Morgan fingerprint density at radius 2 is 1.82 bits per heavy atom. The number of nitrogens with one attached hydrogen (secondary N) is 1. The van der Waals surface area contributed by atoms with Gasteiger partial charge in [-0.15, -0.1) is 0 Å². The van der Waals surface area contributed by atoms with Crippen LogP contribution in [0, 0.1) is 0 Å². The molecule has 0 aromatic heterocycles. The van der Waals surface area contributed by atoms with Crippen LogP contribution in [0.25, 0.3) is 11.1 Å². The Labute approximate surface area is 132 Å². The zero-order valence-electron chi connectivity index (χ0n) is 13.1. The SMILES string of the molecule is C=C/C=C\C(N)Nc1ccc2c(c1)C(C)(C)c1ccccc1-2. The first-order valence-corrected chi connectivity index (χ1v) is 7.60. The average molecular weight is 290 g/mol. The molecule has 0 saturated carbocycles. The van der Waals surface area contributed by atoms with E-state index in [0.29, 0.717) is 0 Å². The van der Waals surface area contributed by atoms with Crippen molar-refractivity contribution in [1.82, 2.24) is 0 Å². The van der Waals surface area contributed by atoms with Crippen LogP contribution in [0.15, 0.2) is 67.3 Å². The minimum Gasteiger partial charge on any atom is -0.367 e. The molecule has 3 rings (SSSR count). The van der Waals surface area contributed by atoms with Gasteiger partial charge in [0, 0.05) is 11.1 Å². The zero-order valence-corrected chi connectivity index (χ0v) is 13.1. The molecule has 0 amide bonds. The van der Waals surface area contributed by atoms with Crippen molar-refractivity contribution in [2.45, 2.75) is 25.4 Å². The summed E-state index contributed by atoms with van der Waals surface area (Å²) in [4.78, 5) is 0. The van der Waals surface area contributed by atoms with E-state index in [2.05, 4.69) is 68.2 Å². The molecule has 1 atom stereocenters. The summed E-state index contributed by atoms with van der Waals surface area (Å²) in [6.07, 6.45) is 5.25. The lowest BCUT2D eigenvalue weighted by Gasteiger charge is -2.22. The first-order chi connectivity index (χ1) is 10.5. The van der Waals surface area contributed by atoms with E-state index >= 15 is 0 Å². The molecule has 2 heteroatoms. The van der Waals surface area contributed by atoms with Gasteiger partial charge in [-0.2, -0.15) is 0 Å². The summed E-state index contributed by atoms with van der Waals surface area (Å²) < 4.78 is 0. The van der Waals surface area contributed by atoms with Gasteiger partial charge in [0.15, 0.2) is 0 Å². The summed E-state index contributed by atoms with van der Waals surface area (Å²) in [7, 11) is 0. The molecule has 2 nitrogen and oxygen atoms in total. The number of nitrogens with two attached hydrogens (primary N) is 1. The van der Waals surface area contributed by atoms with Gasteiger partial charge in [-0.05, 0) is 40.5 Å². The lowest BCUT2D eigenvalue weighted by molar-refractivity contribution is 0.660. The standard InChI is InChI=1S/C20H22N2/c1-4-5-10-19(21)22-14-11-12-16-15-8-6-7-9-17(15)20(2,3)18(16)13-14/h4-13,19,22H,1,21H2,2-3H3/b10-5-. The van der Waals surface area contributed by atoms with E-state index in [-0.39, 0.29) is 11.6 Å². The Bertz CT molecular complexity index is 741. The zero-order chi connectivity index (χ0) is 15.7. The minimum absolute atomic E-state index is 0.0185. The lowest BCUT2D eigenvalue weighted by atomic mass is 9.82. The topological polar surface area (TPSA) is 38.0 Å². The van der Waals surface area contributed by atoms with Gasteiger partial charge in [-0.1, -0.05) is 62.9 Å². The predicted molar refractivity (Wildman–Crippen MR) is 94.9 cm³/mol. The lowest BCUT2D eigenvalue weighted by Crippen LogP contribution is -2.27. The van der Waals surface area contributed by atoms with E-state index in [4.69, 9.17) is 5.73 Å². The van der Waals surface area contributed by atoms with E-state index in [1.807, 2.05) is 12.2 Å². The molecule has 0 aliphatic heterocycles. The summed E-state index contributed by atoms with van der Waals surface area (Å²) in [5.74, 6) is 0. The number of fused-ring (bicyclic) bond motifs is 3. The maximum atomic E-state index is 6.04. The van der Waals surface area contributed by atoms with Crippen LogP contribution >= 0.6 is 0 Å². The first kappa shape index (κ1) is 14.6. The van der Waals surface area contributed by atoms with Crippen molar-refractivity contribution < 1.29 is 0 Å². The molecule has 0 heterocycles. The van der Waals surface area contributed by atoms with Gasteiger partial charge < -0.3 is 11.1 Å². The van der Waals surface area contributed by atoms with E-state index in [9.17, 15) is 0 Å². The van der Waals surface area contributed by atoms with Crippen molar-refractivity contribution in [3.8, 4) is 11.1 Å². The van der Waals surface area contributed by atoms with Crippen molar-refractivity contribution in [3.63, 3.8) is 0 Å². The highest BCUT2D eigenvalue weighted by Gasteiger charge is 2.35. The molecule has 1 unspecified atom stereocenters. The van der Waals surface area contributed by atoms with Gasteiger partial charge in [0.1, 0.15) is 0 Å². The van der Waals surface area contributed by atoms with Crippen LogP contribution in [0.2, 0.25) is 0 Å². The summed E-state index contributed by atoms with van der Waals surface area (Å²) >= 11 is 0. The van der Waals surface area contributed by atoms with E-state index < -0.39 is 0 Å². The maximum Gasteiger partial charge on any atom is 0.0938 e. The molecule has 3 N–H and O–H groups in total. The van der Waals surface area contributed by atoms with Gasteiger partial charge in [0.25, 0.3) is 0 Å². The Hall–Kier alpha value is -2.32. The van der Waals surface area contributed by atoms with Crippen molar-refractivity contribution in [1.29, 1.82) is 0 Å². The van der Waals surface area contributed by atoms with E-state index in [0.717, 1.165) is 5.69 Å². The molecule has 0 bridgehead atoms. The summed E-state index contributed by atoms with van der Waals surface area (Å²) in [6.45, 7) is 8.21. The number of rotatable bonds is 4. The van der Waals surface area contributed by atoms with Gasteiger partial charge in [-0.25, -0.2) is 0 Å². The largest absolute Gasteiger partial charge is 0.367 e. The smallest absolute Gasteiger partial charge is 0.0938 e. The number of hydrogen-bond donors (Lipinski definition) is 2. The fraction of sp³-hybridized carbons (Fsp3) is 0.200. The molecule has 0 fully saturated rings. The number of hydrogen-bond acceptors (Lipinski definition) is 2. The molecule has 22 heavy (non-hydrogen) atoms. The van der Waals surface area contributed by atoms with E-state index in [1.165, 1.54) is 22.3 Å². The monoisotopic (exact) mass is 290 g/mol. The Balaban J connectivity index is 1.97. The summed E-state index contributed by atoms with van der Waals surface area (Å²) in [6, 6.07) is 15.1. The molecule has 112 valence electrons. The molecule has 1 aliphatic rings. The first-order valence-electron chi connectivity index (χ1n) is 7.60. The second-order valence-corrected chi connectivity index (χ2v) is 6.22. The fourth-order valence-electron chi connectivity index (χ4n) is 3.23. The third-order valence-corrected chi connectivity index (χ3v) is 4.37. The third-order valence-electron chi connectivity index (χ3n) is 4.37.